The minimum absolute atomic E-state index is 0.0106. The Morgan fingerprint density at radius 2 is 1.69 bits per heavy atom. The number of aromatic nitrogens is 4. The first-order valence-electron chi connectivity index (χ1n) is 10.6. The number of amides is 1. The van der Waals surface area contributed by atoms with Gasteiger partial charge >= 0.3 is 6.18 Å². The maximum absolute atomic E-state index is 13.0. The lowest BCUT2D eigenvalue weighted by molar-refractivity contribution is -0.158. The van der Waals surface area contributed by atoms with Gasteiger partial charge in [-0.1, -0.05) is 0 Å². The Morgan fingerprint density at radius 3 is 2.25 bits per heavy atom. The van der Waals surface area contributed by atoms with Crippen LogP contribution >= 0.6 is 0 Å². The van der Waals surface area contributed by atoms with Gasteiger partial charge < -0.3 is 9.64 Å². The van der Waals surface area contributed by atoms with E-state index in [1.54, 1.807) is 4.90 Å². The highest BCUT2D eigenvalue weighted by atomic mass is 32.2. The first-order valence-corrected chi connectivity index (χ1v) is 12.2. The fraction of sp³-hybridized carbons (Fsp3) is 0.526. The fourth-order valence-electron chi connectivity index (χ4n) is 3.37. The number of hydroxylamine groups is 2. The number of anilines is 1. The normalized spacial score (nSPS) is 16.0. The van der Waals surface area contributed by atoms with Crippen LogP contribution in [0, 0.1) is 5.82 Å². The van der Waals surface area contributed by atoms with Crippen molar-refractivity contribution in [2.75, 3.05) is 43.4 Å². The zero-order valence-corrected chi connectivity index (χ0v) is 19.6. The monoisotopic (exact) mass is 537 g/mol. The minimum atomic E-state index is -4.49. The topological polar surface area (TPSA) is 142 Å². The number of aryl methyl sites for hydroxylation is 1. The van der Waals surface area contributed by atoms with Crippen molar-refractivity contribution in [3.8, 4) is 5.75 Å². The molecule has 2 aromatic rings. The Kier molecular flexibility index (Phi) is 8.91. The van der Waals surface area contributed by atoms with E-state index in [-0.39, 0.29) is 68.0 Å². The van der Waals surface area contributed by atoms with Crippen molar-refractivity contribution in [2.45, 2.75) is 25.1 Å². The Balaban J connectivity index is 1.55. The number of carbonyl (C=O) groups is 1. The van der Waals surface area contributed by atoms with Gasteiger partial charge in [0.15, 0.2) is 18.2 Å². The summed E-state index contributed by atoms with van der Waals surface area (Å²) in [4.78, 5) is 28.2. The molecule has 1 atom stereocenters. The highest BCUT2D eigenvalue weighted by molar-refractivity contribution is 7.89. The van der Waals surface area contributed by atoms with E-state index in [2.05, 4.69) is 24.7 Å². The first-order chi connectivity index (χ1) is 17.0. The summed E-state index contributed by atoms with van der Waals surface area (Å²) >= 11 is 0. The molecule has 1 unspecified atom stereocenters. The van der Waals surface area contributed by atoms with Crippen LogP contribution in [-0.2, 0) is 21.2 Å². The van der Waals surface area contributed by atoms with Gasteiger partial charge in [0.1, 0.15) is 5.82 Å². The second-order valence-electron chi connectivity index (χ2n) is 7.78. The van der Waals surface area contributed by atoms with E-state index in [9.17, 15) is 36.0 Å². The van der Waals surface area contributed by atoms with E-state index in [1.807, 2.05) is 0 Å². The zero-order valence-electron chi connectivity index (χ0n) is 18.8. The molecule has 3 rings (SSSR count). The number of ether oxygens (including phenoxy) is 1. The van der Waals surface area contributed by atoms with E-state index in [0.717, 1.165) is 24.8 Å². The first kappa shape index (κ1) is 27.4. The van der Waals surface area contributed by atoms with E-state index in [0.29, 0.717) is 0 Å². The maximum atomic E-state index is 13.0. The average molecular weight is 537 g/mol. The quantitative estimate of drug-likeness (QED) is 0.188. The van der Waals surface area contributed by atoms with Crippen molar-refractivity contribution in [3.63, 3.8) is 0 Å². The van der Waals surface area contributed by atoms with Crippen LogP contribution in [0.4, 0.5) is 23.5 Å². The Hall–Kier alpha value is -3.18. The molecule has 0 saturated carbocycles. The zero-order chi connectivity index (χ0) is 26.3. The molecule has 0 aromatic carbocycles. The van der Waals surface area contributed by atoms with Gasteiger partial charge in [0, 0.05) is 32.6 Å². The van der Waals surface area contributed by atoms with Gasteiger partial charge in [0.2, 0.25) is 22.4 Å². The van der Waals surface area contributed by atoms with Crippen molar-refractivity contribution >= 4 is 22.4 Å². The van der Waals surface area contributed by atoms with Crippen LogP contribution in [0.1, 0.15) is 12.2 Å². The van der Waals surface area contributed by atoms with Crippen molar-refractivity contribution < 1.29 is 40.7 Å². The summed E-state index contributed by atoms with van der Waals surface area (Å²) in [5.41, 5.74) is 0. The number of alkyl halides is 3. The van der Waals surface area contributed by atoms with E-state index >= 15 is 0 Å². The van der Waals surface area contributed by atoms with Crippen molar-refractivity contribution in [1.82, 2.24) is 29.3 Å². The lowest BCUT2D eigenvalue weighted by atomic mass is 10.2. The lowest BCUT2D eigenvalue weighted by Crippen LogP contribution is -2.51. The largest absolute Gasteiger partial charge is 0.481 e. The highest BCUT2D eigenvalue weighted by Crippen LogP contribution is 2.20. The molecule has 3 heterocycles. The maximum Gasteiger partial charge on any atom is 0.422 e. The number of piperazine rings is 1. The molecule has 1 N–H and O–H groups in total. The molecular weight excluding hydrogens is 514 g/mol. The van der Waals surface area contributed by atoms with Crippen molar-refractivity contribution in [3.05, 3.63) is 36.4 Å². The molecule has 1 saturated heterocycles. The number of rotatable bonds is 11. The smallest absolute Gasteiger partial charge is 0.422 e. The van der Waals surface area contributed by atoms with Gasteiger partial charge in [-0.15, -0.1) is 0 Å². The highest BCUT2D eigenvalue weighted by Gasteiger charge is 2.32. The third kappa shape index (κ3) is 7.92. The summed E-state index contributed by atoms with van der Waals surface area (Å²) in [5.74, 6) is -0.930. The Morgan fingerprint density at radius 1 is 1.08 bits per heavy atom. The average Bonchev–Trinajstić information content (AvgIpc) is 2.85. The molecule has 36 heavy (non-hydrogen) atoms. The van der Waals surface area contributed by atoms with Gasteiger partial charge in [0.25, 0.3) is 0 Å². The van der Waals surface area contributed by atoms with Crippen LogP contribution in [0.3, 0.4) is 0 Å². The summed E-state index contributed by atoms with van der Waals surface area (Å²) in [5, 5.41) is 10.2. The summed E-state index contributed by atoms with van der Waals surface area (Å²) in [6.07, 6.45) is -0.177. The molecule has 12 nitrogen and oxygen atoms in total. The second-order valence-corrected chi connectivity index (χ2v) is 9.80. The van der Waals surface area contributed by atoms with Crippen LogP contribution in [0.15, 0.2) is 24.8 Å². The predicted octanol–water partition coefficient (Wildman–Crippen LogP) is 0.648. The molecule has 17 heteroatoms. The van der Waals surface area contributed by atoms with Gasteiger partial charge in [-0.3, -0.25) is 10.0 Å². The molecule has 198 valence electrons. The third-order valence-corrected chi connectivity index (χ3v) is 7.15. The fourth-order valence-corrected chi connectivity index (χ4v) is 5.11. The molecular formula is C19H23F4N7O5S. The number of carbonyl (C=O) groups excluding carboxylic acids is 1. The van der Waals surface area contributed by atoms with Gasteiger partial charge in [-0.05, 0) is 6.42 Å². The third-order valence-electron chi connectivity index (χ3n) is 5.19. The number of hydrogen-bond acceptors (Lipinski definition) is 10. The minimum Gasteiger partial charge on any atom is -0.481 e. The van der Waals surface area contributed by atoms with Gasteiger partial charge in [0.05, 0.1) is 36.6 Å². The molecule has 0 bridgehead atoms. The summed E-state index contributed by atoms with van der Waals surface area (Å²) < 4.78 is 81.3. The van der Waals surface area contributed by atoms with Gasteiger partial charge in [-0.25, -0.2) is 37.8 Å². The van der Waals surface area contributed by atoms with Crippen LogP contribution in [0.2, 0.25) is 0 Å². The SMILES string of the molecule is O=CN(O)C(CCc1ncc(F)cn1)CS(=O)(=O)N1CCN(c2ncc(OCC(F)(F)F)cn2)CC1. The number of hydrogen-bond donors (Lipinski definition) is 1. The second kappa shape index (κ2) is 11.7. The number of sulfonamides is 1. The van der Waals surface area contributed by atoms with Crippen LogP contribution in [0.5, 0.6) is 5.75 Å². The molecule has 1 aliphatic rings. The van der Waals surface area contributed by atoms with E-state index in [1.165, 1.54) is 4.31 Å². The lowest BCUT2D eigenvalue weighted by Gasteiger charge is -2.35. The molecule has 1 amide bonds. The predicted molar refractivity (Wildman–Crippen MR) is 115 cm³/mol. The molecule has 0 aliphatic carbocycles. The Labute approximate surface area is 203 Å². The standard InChI is InChI=1S/C19H23F4N7O5S/c20-14-7-24-17(25-8-14)2-1-15(30(32)13-31)11-36(33,34)29-5-3-28(4-6-29)18-26-9-16(10-27-18)35-12-19(21,22)23/h7-10,13,15,32H,1-6,11-12H2. The van der Waals surface area contributed by atoms with Crippen LogP contribution in [-0.4, -0.2) is 100 Å². The van der Waals surface area contributed by atoms with Crippen LogP contribution in [0.25, 0.3) is 0 Å². The number of nitrogens with zero attached hydrogens (tertiary/aromatic N) is 7. The molecule has 1 fully saturated rings. The van der Waals surface area contributed by atoms with Crippen molar-refractivity contribution in [1.29, 1.82) is 0 Å². The van der Waals surface area contributed by atoms with E-state index < -0.39 is 40.4 Å². The van der Waals surface area contributed by atoms with Gasteiger partial charge in [-0.2, -0.15) is 17.5 Å². The molecule has 1 aliphatic heterocycles. The summed E-state index contributed by atoms with van der Waals surface area (Å²) in [6.45, 7) is -0.963. The molecule has 0 spiro atoms. The Bertz CT molecular complexity index is 1100. The van der Waals surface area contributed by atoms with Crippen molar-refractivity contribution in [2.24, 2.45) is 0 Å². The number of halogens is 4. The van der Waals surface area contributed by atoms with E-state index in [4.69, 9.17) is 0 Å². The summed E-state index contributed by atoms with van der Waals surface area (Å²) in [7, 11) is -3.90. The summed E-state index contributed by atoms with van der Waals surface area (Å²) in [6, 6.07) is -1.09. The molecule has 2 aromatic heterocycles. The van der Waals surface area contributed by atoms with Crippen LogP contribution < -0.4 is 9.64 Å². The molecule has 0 radical (unpaired) electrons.